The van der Waals surface area contributed by atoms with Crippen molar-refractivity contribution in [1.82, 2.24) is 9.80 Å². The van der Waals surface area contributed by atoms with E-state index in [4.69, 9.17) is 9.90 Å². The molecule has 2 atom stereocenters. The maximum Gasteiger partial charge on any atom is 0.290 e. The number of piperazine rings is 1. The summed E-state index contributed by atoms with van der Waals surface area (Å²) >= 11 is 0. The van der Waals surface area contributed by atoms with Crippen molar-refractivity contribution in [3.05, 3.63) is 42.0 Å². The quantitative estimate of drug-likeness (QED) is 0.854. The van der Waals surface area contributed by atoms with Crippen molar-refractivity contribution in [3.63, 3.8) is 0 Å². The van der Waals surface area contributed by atoms with E-state index in [0.29, 0.717) is 6.54 Å². The highest BCUT2D eigenvalue weighted by atomic mass is 16.3. The molecule has 2 heterocycles. The number of amides is 2. The molecule has 0 aromatic heterocycles. The molecule has 0 bridgehead atoms. The molecule has 1 aromatic rings. The zero-order valence-electron chi connectivity index (χ0n) is 13.7. The number of hydrogen-bond acceptors (Lipinski definition) is 3. The fraction of sp³-hybridized carbons (Fsp3) is 0.389. The summed E-state index contributed by atoms with van der Waals surface area (Å²) in [7, 11) is 0. The van der Waals surface area contributed by atoms with Crippen LogP contribution in [0.15, 0.2) is 36.4 Å². The Morgan fingerprint density at radius 2 is 1.88 bits per heavy atom. The molecule has 128 valence electrons. The van der Waals surface area contributed by atoms with Gasteiger partial charge in [-0.2, -0.15) is 0 Å². The largest absolute Gasteiger partial charge is 0.483 e. The van der Waals surface area contributed by atoms with Crippen molar-refractivity contribution in [3.8, 4) is 0 Å². The Morgan fingerprint density at radius 1 is 1.21 bits per heavy atom. The molecular weight excluding hydrogens is 308 g/mol. The van der Waals surface area contributed by atoms with Gasteiger partial charge in [0.25, 0.3) is 6.47 Å². The van der Waals surface area contributed by atoms with E-state index in [9.17, 15) is 9.59 Å². The molecule has 1 N–H and O–H groups in total. The van der Waals surface area contributed by atoms with Crippen LogP contribution in [0, 0.1) is 0 Å². The number of carbonyl (C=O) groups excluding carboxylic acids is 2. The van der Waals surface area contributed by atoms with E-state index < -0.39 is 0 Å². The van der Waals surface area contributed by atoms with E-state index in [1.165, 1.54) is 0 Å². The van der Waals surface area contributed by atoms with Crippen LogP contribution in [0.1, 0.15) is 25.3 Å². The van der Waals surface area contributed by atoms with Gasteiger partial charge < -0.3 is 14.9 Å². The van der Waals surface area contributed by atoms with Crippen LogP contribution < -0.4 is 0 Å². The summed E-state index contributed by atoms with van der Waals surface area (Å²) in [4.78, 5) is 36.6. The summed E-state index contributed by atoms with van der Waals surface area (Å²) in [5, 5.41) is 6.89. The van der Waals surface area contributed by atoms with Gasteiger partial charge in [0.1, 0.15) is 12.1 Å². The molecule has 24 heavy (non-hydrogen) atoms. The van der Waals surface area contributed by atoms with Crippen LogP contribution in [-0.4, -0.2) is 58.4 Å². The van der Waals surface area contributed by atoms with Crippen LogP contribution in [-0.2, 0) is 14.4 Å². The van der Waals surface area contributed by atoms with Crippen LogP contribution in [0.2, 0.25) is 0 Å². The zero-order chi connectivity index (χ0) is 17.5. The van der Waals surface area contributed by atoms with Gasteiger partial charge >= 0.3 is 0 Å². The third-order valence-electron chi connectivity index (χ3n) is 4.34. The van der Waals surface area contributed by atoms with Gasteiger partial charge in [-0.05, 0) is 25.3 Å². The second-order valence-electron chi connectivity index (χ2n) is 5.77. The summed E-state index contributed by atoms with van der Waals surface area (Å²) in [6.45, 7) is 2.80. The van der Waals surface area contributed by atoms with E-state index in [-0.39, 0.29) is 30.4 Å². The fourth-order valence-electron chi connectivity index (χ4n) is 3.16. The molecule has 0 aliphatic carbocycles. The molecule has 6 nitrogen and oxygen atoms in total. The lowest BCUT2D eigenvalue weighted by molar-refractivity contribution is -0.157. The molecule has 0 spiro atoms. The van der Waals surface area contributed by atoms with Crippen molar-refractivity contribution in [2.24, 2.45) is 0 Å². The van der Waals surface area contributed by atoms with Crippen molar-refractivity contribution >= 4 is 24.4 Å². The average molecular weight is 330 g/mol. The Hall–Kier alpha value is -2.63. The lowest BCUT2D eigenvalue weighted by atomic mass is 10.1. The third-order valence-corrected chi connectivity index (χ3v) is 4.34. The van der Waals surface area contributed by atoms with Crippen LogP contribution in [0.3, 0.4) is 0 Å². The third kappa shape index (κ3) is 3.82. The van der Waals surface area contributed by atoms with Crippen LogP contribution in [0.25, 0.3) is 6.08 Å². The topological polar surface area (TPSA) is 77.9 Å². The van der Waals surface area contributed by atoms with Crippen molar-refractivity contribution in [2.45, 2.75) is 31.8 Å². The number of rotatable bonds is 3. The van der Waals surface area contributed by atoms with E-state index in [2.05, 4.69) is 0 Å². The van der Waals surface area contributed by atoms with Crippen molar-refractivity contribution in [1.29, 1.82) is 0 Å². The zero-order valence-corrected chi connectivity index (χ0v) is 13.7. The lowest BCUT2D eigenvalue weighted by Gasteiger charge is -2.40. The van der Waals surface area contributed by atoms with Gasteiger partial charge in [0.15, 0.2) is 0 Å². The van der Waals surface area contributed by atoms with Gasteiger partial charge in [-0.3, -0.25) is 14.4 Å². The molecule has 0 saturated carbocycles. The average Bonchev–Trinajstić information content (AvgIpc) is 3.08. The first-order valence-corrected chi connectivity index (χ1v) is 8.00. The summed E-state index contributed by atoms with van der Waals surface area (Å²) in [5.41, 5.74) is 1.10. The number of nitrogens with zero attached hydrogens (tertiary/aromatic N) is 2. The van der Waals surface area contributed by atoms with E-state index in [0.717, 1.165) is 24.9 Å². The maximum atomic E-state index is 12.5. The molecule has 3 rings (SSSR count). The summed E-state index contributed by atoms with van der Waals surface area (Å²) < 4.78 is 0. The van der Waals surface area contributed by atoms with Crippen molar-refractivity contribution in [2.75, 3.05) is 13.1 Å². The fourth-order valence-corrected chi connectivity index (χ4v) is 3.16. The molecule has 6 heteroatoms. The molecule has 2 saturated heterocycles. The van der Waals surface area contributed by atoms with Gasteiger partial charge in [0.2, 0.25) is 11.8 Å². The first-order valence-electron chi connectivity index (χ1n) is 8.00. The minimum absolute atomic E-state index is 0.0882. The van der Waals surface area contributed by atoms with Crippen molar-refractivity contribution < 1.29 is 19.5 Å². The minimum atomic E-state index is -0.354. The number of hydrogen-bond donors (Lipinski definition) is 1. The van der Waals surface area contributed by atoms with Crippen LogP contribution in [0.5, 0.6) is 0 Å². The number of carbonyl (C=O) groups is 3. The Labute approximate surface area is 141 Å². The maximum absolute atomic E-state index is 12.5. The second kappa shape index (κ2) is 8.29. The monoisotopic (exact) mass is 330 g/mol. The molecule has 2 fully saturated rings. The Morgan fingerprint density at radius 3 is 2.54 bits per heavy atom. The molecule has 0 unspecified atom stereocenters. The van der Waals surface area contributed by atoms with Gasteiger partial charge in [0, 0.05) is 13.1 Å². The van der Waals surface area contributed by atoms with Crippen LogP contribution in [0.4, 0.5) is 0 Å². The molecule has 2 aliphatic heterocycles. The Balaban J connectivity index is 0.000000647. The summed E-state index contributed by atoms with van der Waals surface area (Å²) in [6.07, 6.45) is 5.69. The summed E-state index contributed by atoms with van der Waals surface area (Å²) in [6, 6.07) is 9.39. The summed E-state index contributed by atoms with van der Waals surface area (Å²) in [5.74, 6) is 0.183. The highest BCUT2D eigenvalue weighted by molar-refractivity contribution is 5.97. The number of carboxylic acid groups (broad SMARTS) is 1. The minimum Gasteiger partial charge on any atom is -0.483 e. The van der Waals surface area contributed by atoms with E-state index in [1.54, 1.807) is 9.80 Å². The predicted octanol–water partition coefficient (Wildman–Crippen LogP) is 1.62. The first kappa shape index (κ1) is 17.7. The second-order valence-corrected chi connectivity index (χ2v) is 5.77. The predicted molar refractivity (Wildman–Crippen MR) is 90.1 cm³/mol. The van der Waals surface area contributed by atoms with Gasteiger partial charge in [-0.1, -0.05) is 42.5 Å². The molecule has 2 amide bonds. The number of benzene rings is 1. The smallest absolute Gasteiger partial charge is 0.290 e. The normalized spacial score (nSPS) is 23.0. The lowest BCUT2D eigenvalue weighted by Crippen LogP contribution is -2.61. The molecular formula is C18H22N2O4. The van der Waals surface area contributed by atoms with Gasteiger partial charge in [-0.15, -0.1) is 0 Å². The molecule has 0 radical (unpaired) electrons. The molecule has 1 aromatic carbocycles. The highest BCUT2D eigenvalue weighted by Gasteiger charge is 2.45. The molecule has 2 aliphatic rings. The standard InChI is InChI=1S/C17H20N2O2.CH2O2/c1-13-16(20)19-12-6-10-15(19)17(21)18(13)11-5-9-14-7-3-2-4-8-14;2-1-3/h2-5,7-9,13,15H,6,10-12H2,1H3;1H,(H,2,3)/b9-5+;/t13-,15-;/m0./s1. The Bertz CT molecular complexity index is 615. The van der Waals surface area contributed by atoms with E-state index in [1.807, 2.05) is 49.4 Å². The van der Waals surface area contributed by atoms with Crippen LogP contribution >= 0.6 is 0 Å². The number of fused-ring (bicyclic) bond motifs is 1. The van der Waals surface area contributed by atoms with Gasteiger partial charge in [-0.25, -0.2) is 0 Å². The first-order chi connectivity index (χ1) is 11.6. The SMILES string of the molecule is C[C@H]1C(=O)N2CCC[C@H]2C(=O)N1C/C=C/c1ccccc1.O=CO. The van der Waals surface area contributed by atoms with E-state index >= 15 is 0 Å². The Kier molecular flexibility index (Phi) is 6.12. The van der Waals surface area contributed by atoms with Gasteiger partial charge in [0.05, 0.1) is 0 Å². The highest BCUT2D eigenvalue weighted by Crippen LogP contribution is 2.26.